The quantitative estimate of drug-likeness (QED) is 0.264. The van der Waals surface area contributed by atoms with E-state index in [0.717, 1.165) is 12.8 Å². The highest BCUT2D eigenvalue weighted by Crippen LogP contribution is 1.96. The van der Waals surface area contributed by atoms with Crippen LogP contribution in [0.2, 0.25) is 0 Å². The maximum atomic E-state index is 10.7. The topological polar surface area (TPSA) is 55.1 Å². The summed E-state index contributed by atoms with van der Waals surface area (Å²) >= 11 is 0. The molecule has 0 saturated heterocycles. The molecule has 0 saturated carbocycles. The summed E-state index contributed by atoms with van der Waals surface area (Å²) in [5.41, 5.74) is 2.75. The zero-order valence-corrected chi connectivity index (χ0v) is 6.48. The van der Waals surface area contributed by atoms with Crippen molar-refractivity contribution < 1.29 is 4.79 Å². The lowest BCUT2D eigenvalue weighted by molar-refractivity contribution is -0.117. The second kappa shape index (κ2) is 4.99. The van der Waals surface area contributed by atoms with E-state index < -0.39 is 0 Å². The predicted molar refractivity (Wildman–Crippen MR) is 41.0 cm³/mol. The normalized spacial score (nSPS) is 11.3. The third-order valence-electron chi connectivity index (χ3n) is 1.23. The highest BCUT2D eigenvalue weighted by molar-refractivity contribution is 5.92. The lowest BCUT2D eigenvalue weighted by atomic mass is 10.2. The molecule has 0 fully saturated rings. The summed E-state index contributed by atoms with van der Waals surface area (Å²) in [6.45, 7) is 3.81. The van der Waals surface area contributed by atoms with E-state index in [4.69, 9.17) is 5.84 Å². The minimum absolute atomic E-state index is 0.201. The van der Waals surface area contributed by atoms with Crippen molar-refractivity contribution in [2.75, 3.05) is 0 Å². The number of carbonyl (C=O) groups excluding carboxylic acids is 1. The van der Waals surface area contributed by atoms with E-state index in [2.05, 4.69) is 12.3 Å². The number of amides is 1. The summed E-state index contributed by atoms with van der Waals surface area (Å²) in [5.74, 6) is 4.70. The standard InChI is InChI=1S/C7H14N2O/c1-3-4-5-6(2)7(10)9-8/h5H,3-4,8H2,1-2H3,(H,9,10). The van der Waals surface area contributed by atoms with E-state index in [1.165, 1.54) is 0 Å². The van der Waals surface area contributed by atoms with Gasteiger partial charge in [-0.25, -0.2) is 5.84 Å². The smallest absolute Gasteiger partial charge is 0.260 e. The molecular formula is C7H14N2O. The van der Waals surface area contributed by atoms with E-state index in [1.54, 1.807) is 6.92 Å². The summed E-state index contributed by atoms with van der Waals surface area (Å²) in [5, 5.41) is 0. The second-order valence-corrected chi connectivity index (χ2v) is 2.15. The molecule has 0 atom stereocenters. The van der Waals surface area contributed by atoms with Gasteiger partial charge in [0.25, 0.3) is 5.91 Å². The number of hydrogen-bond donors (Lipinski definition) is 2. The molecule has 1 amide bonds. The molecule has 0 aromatic rings. The Morgan fingerprint density at radius 2 is 2.30 bits per heavy atom. The Bertz CT molecular complexity index is 141. The van der Waals surface area contributed by atoms with Gasteiger partial charge in [0.15, 0.2) is 0 Å². The van der Waals surface area contributed by atoms with Gasteiger partial charge in [0.05, 0.1) is 0 Å². The monoisotopic (exact) mass is 142 g/mol. The minimum atomic E-state index is -0.201. The van der Waals surface area contributed by atoms with Crippen molar-refractivity contribution in [1.29, 1.82) is 0 Å². The molecule has 58 valence electrons. The maximum absolute atomic E-state index is 10.7. The van der Waals surface area contributed by atoms with Crippen LogP contribution < -0.4 is 11.3 Å². The zero-order chi connectivity index (χ0) is 7.98. The van der Waals surface area contributed by atoms with Gasteiger partial charge in [0.2, 0.25) is 0 Å². The van der Waals surface area contributed by atoms with Crippen molar-refractivity contribution in [3.8, 4) is 0 Å². The molecule has 0 aliphatic rings. The highest BCUT2D eigenvalue weighted by Gasteiger charge is 1.97. The van der Waals surface area contributed by atoms with Gasteiger partial charge in [-0.05, 0) is 13.3 Å². The first-order valence-electron chi connectivity index (χ1n) is 3.40. The molecule has 3 N–H and O–H groups in total. The van der Waals surface area contributed by atoms with Gasteiger partial charge in [-0.1, -0.05) is 19.4 Å². The highest BCUT2D eigenvalue weighted by atomic mass is 16.2. The average molecular weight is 142 g/mol. The number of allylic oxidation sites excluding steroid dienone is 1. The lowest BCUT2D eigenvalue weighted by Crippen LogP contribution is -2.30. The number of nitrogens with two attached hydrogens (primary N) is 1. The third kappa shape index (κ3) is 3.25. The van der Waals surface area contributed by atoms with Gasteiger partial charge < -0.3 is 0 Å². The maximum Gasteiger partial charge on any atom is 0.260 e. The van der Waals surface area contributed by atoms with Crippen molar-refractivity contribution in [3.05, 3.63) is 11.6 Å². The fourth-order valence-electron chi connectivity index (χ4n) is 0.567. The Hall–Kier alpha value is -0.830. The molecule has 0 unspecified atom stereocenters. The number of carbonyl (C=O) groups is 1. The fourth-order valence-corrected chi connectivity index (χ4v) is 0.567. The second-order valence-electron chi connectivity index (χ2n) is 2.15. The Morgan fingerprint density at radius 1 is 1.70 bits per heavy atom. The summed E-state index contributed by atoms with van der Waals surface area (Å²) in [6, 6.07) is 0. The zero-order valence-electron chi connectivity index (χ0n) is 6.48. The van der Waals surface area contributed by atoms with Crippen LogP contribution in [0, 0.1) is 0 Å². The van der Waals surface area contributed by atoms with Gasteiger partial charge in [0.1, 0.15) is 0 Å². The van der Waals surface area contributed by atoms with Crippen LogP contribution in [-0.4, -0.2) is 5.91 Å². The van der Waals surface area contributed by atoms with Crippen molar-refractivity contribution in [2.24, 2.45) is 5.84 Å². The van der Waals surface area contributed by atoms with Gasteiger partial charge in [-0.3, -0.25) is 10.2 Å². The van der Waals surface area contributed by atoms with Crippen molar-refractivity contribution in [1.82, 2.24) is 5.43 Å². The SMILES string of the molecule is CCCC=C(C)C(=O)NN. The van der Waals surface area contributed by atoms with Gasteiger partial charge in [0, 0.05) is 5.57 Å². The van der Waals surface area contributed by atoms with Crippen LogP contribution in [0.15, 0.2) is 11.6 Å². The van der Waals surface area contributed by atoms with Crippen LogP contribution in [0.3, 0.4) is 0 Å². The first kappa shape index (κ1) is 9.17. The molecule has 0 aromatic heterocycles. The third-order valence-corrected chi connectivity index (χ3v) is 1.23. The fraction of sp³-hybridized carbons (Fsp3) is 0.571. The molecule has 0 rings (SSSR count). The van der Waals surface area contributed by atoms with Crippen LogP contribution >= 0.6 is 0 Å². The van der Waals surface area contributed by atoms with Gasteiger partial charge in [-0.15, -0.1) is 0 Å². The number of hydrogen-bond acceptors (Lipinski definition) is 2. The Morgan fingerprint density at radius 3 is 2.70 bits per heavy atom. The van der Waals surface area contributed by atoms with E-state index in [9.17, 15) is 4.79 Å². The number of nitrogens with one attached hydrogen (secondary N) is 1. The van der Waals surface area contributed by atoms with E-state index >= 15 is 0 Å². The average Bonchev–Trinajstić information content (AvgIpc) is 1.98. The number of rotatable bonds is 3. The van der Waals surface area contributed by atoms with E-state index in [-0.39, 0.29) is 5.91 Å². The molecule has 0 radical (unpaired) electrons. The Labute approximate surface area is 61.3 Å². The summed E-state index contributed by atoms with van der Waals surface area (Å²) < 4.78 is 0. The molecule has 3 nitrogen and oxygen atoms in total. The first-order chi connectivity index (χ1) is 4.72. The summed E-state index contributed by atoms with van der Waals surface area (Å²) in [4.78, 5) is 10.7. The summed E-state index contributed by atoms with van der Waals surface area (Å²) in [7, 11) is 0. The van der Waals surface area contributed by atoms with Crippen molar-refractivity contribution in [3.63, 3.8) is 0 Å². The van der Waals surface area contributed by atoms with Crippen LogP contribution in [0.4, 0.5) is 0 Å². The van der Waals surface area contributed by atoms with Crippen LogP contribution in [0.5, 0.6) is 0 Å². The van der Waals surface area contributed by atoms with E-state index in [1.807, 2.05) is 6.08 Å². The van der Waals surface area contributed by atoms with Gasteiger partial charge in [-0.2, -0.15) is 0 Å². The molecular weight excluding hydrogens is 128 g/mol. The van der Waals surface area contributed by atoms with E-state index in [0.29, 0.717) is 5.57 Å². The van der Waals surface area contributed by atoms with Gasteiger partial charge >= 0.3 is 0 Å². The van der Waals surface area contributed by atoms with Crippen LogP contribution in [0.1, 0.15) is 26.7 Å². The minimum Gasteiger partial charge on any atom is -0.290 e. The van der Waals surface area contributed by atoms with Crippen LogP contribution in [-0.2, 0) is 4.79 Å². The number of hydrazine groups is 1. The molecule has 0 spiro atoms. The molecule has 10 heavy (non-hydrogen) atoms. The Balaban J connectivity index is 3.80. The molecule has 3 heteroatoms. The molecule has 0 aromatic carbocycles. The number of unbranched alkanes of at least 4 members (excludes halogenated alkanes) is 1. The molecule has 0 bridgehead atoms. The predicted octanol–water partition coefficient (Wildman–Crippen LogP) is 0.723. The molecule has 0 aliphatic carbocycles. The first-order valence-corrected chi connectivity index (χ1v) is 3.40. The van der Waals surface area contributed by atoms with Crippen molar-refractivity contribution >= 4 is 5.91 Å². The molecule has 0 aliphatic heterocycles. The summed E-state index contributed by atoms with van der Waals surface area (Å²) in [6.07, 6.45) is 3.86. The lowest BCUT2D eigenvalue weighted by Gasteiger charge is -1.96. The molecule has 0 heterocycles. The van der Waals surface area contributed by atoms with Crippen molar-refractivity contribution in [2.45, 2.75) is 26.7 Å². The Kier molecular flexibility index (Phi) is 4.58. The largest absolute Gasteiger partial charge is 0.290 e. The van der Waals surface area contributed by atoms with Crippen LogP contribution in [0.25, 0.3) is 0 Å².